The zero-order valence-corrected chi connectivity index (χ0v) is 15.9. The van der Waals surface area contributed by atoms with Crippen LogP contribution < -0.4 is 4.74 Å². The molecular weight excluding hydrogens is 360 g/mol. The molecule has 0 radical (unpaired) electrons. The van der Waals surface area contributed by atoms with E-state index < -0.39 is 19.4 Å². The molecule has 4 nitrogen and oxygen atoms in total. The minimum atomic E-state index is -0.856. The van der Waals surface area contributed by atoms with Gasteiger partial charge in [-0.05, 0) is 37.5 Å². The first kappa shape index (κ1) is 18.5. The summed E-state index contributed by atoms with van der Waals surface area (Å²) in [6.07, 6.45) is 8.82. The van der Waals surface area contributed by atoms with E-state index in [9.17, 15) is 14.0 Å². The number of nitrogens with zero attached hydrogens (tertiary/aromatic N) is 3. The molecule has 1 aliphatic heterocycles. The van der Waals surface area contributed by atoms with Gasteiger partial charge in [0.25, 0.3) is 0 Å². The molecule has 146 valence electrons. The quantitative estimate of drug-likeness (QED) is 0.722. The molecule has 2 aromatic rings. The van der Waals surface area contributed by atoms with Crippen LogP contribution in [0.3, 0.4) is 0 Å². The van der Waals surface area contributed by atoms with Crippen LogP contribution in [-0.2, 0) is 0 Å². The van der Waals surface area contributed by atoms with Crippen molar-refractivity contribution in [1.82, 2.24) is 9.47 Å². The number of allylic oxidation sites excluding steroid dienone is 2. The number of halogens is 2. The Morgan fingerprint density at radius 2 is 2.07 bits per heavy atom. The molecule has 1 aromatic heterocycles. The summed E-state index contributed by atoms with van der Waals surface area (Å²) in [5.74, 6) is 0.724. The van der Waals surface area contributed by atoms with E-state index in [-0.39, 0.29) is 6.04 Å². The molecule has 1 saturated carbocycles. The third-order valence-corrected chi connectivity index (χ3v) is 5.80. The summed E-state index contributed by atoms with van der Waals surface area (Å²) in [5.41, 5.74) is 2.95. The van der Waals surface area contributed by atoms with Crippen molar-refractivity contribution in [3.05, 3.63) is 47.7 Å². The van der Waals surface area contributed by atoms with Crippen LogP contribution in [0, 0.1) is 11.3 Å². The van der Waals surface area contributed by atoms with Gasteiger partial charge in [-0.15, -0.1) is 0 Å². The van der Waals surface area contributed by atoms with Gasteiger partial charge in [0, 0.05) is 24.0 Å². The van der Waals surface area contributed by atoms with Crippen LogP contribution in [0.5, 0.6) is 5.75 Å². The highest BCUT2D eigenvalue weighted by molar-refractivity contribution is 5.94. The number of methoxy groups -OCH3 is 1. The molecule has 0 amide bonds. The van der Waals surface area contributed by atoms with E-state index in [0.29, 0.717) is 17.8 Å². The van der Waals surface area contributed by atoms with E-state index in [1.165, 1.54) is 0 Å². The molecule has 0 N–H and O–H groups in total. The van der Waals surface area contributed by atoms with Crippen LogP contribution in [0.2, 0.25) is 0 Å². The first-order chi connectivity index (χ1) is 13.7. The highest BCUT2D eigenvalue weighted by Crippen LogP contribution is 2.43. The number of rotatable bonds is 6. The van der Waals surface area contributed by atoms with Crippen molar-refractivity contribution in [2.75, 3.05) is 27.0 Å². The van der Waals surface area contributed by atoms with Gasteiger partial charge in [-0.3, -0.25) is 0 Å². The number of ether oxygens (including phenoxy) is 1. The second kappa shape index (κ2) is 7.67. The van der Waals surface area contributed by atoms with Crippen molar-refractivity contribution in [2.45, 2.75) is 31.3 Å². The standard InChI is InChI=1S/C22H23F2N3O/c1-28-17-8-9-18-19(14-25)22(27(21(18)11-17)15-5-4-6-15)20-7-2-3-10-26(20)16(12-23)13-24/h2-3,7-9,11,15-16H,4-6,10,12-13H2,1H3. The fourth-order valence-corrected chi connectivity index (χ4v) is 4.10. The van der Waals surface area contributed by atoms with Crippen molar-refractivity contribution in [2.24, 2.45) is 0 Å². The molecule has 0 saturated heterocycles. The molecule has 2 aliphatic rings. The second-order valence-corrected chi connectivity index (χ2v) is 7.27. The summed E-state index contributed by atoms with van der Waals surface area (Å²) >= 11 is 0. The number of aromatic nitrogens is 1. The third-order valence-electron chi connectivity index (χ3n) is 5.80. The molecule has 0 bridgehead atoms. The average molecular weight is 383 g/mol. The highest BCUT2D eigenvalue weighted by atomic mass is 19.1. The summed E-state index contributed by atoms with van der Waals surface area (Å²) in [6, 6.07) is 7.46. The molecule has 0 unspecified atom stereocenters. The Morgan fingerprint density at radius 3 is 2.68 bits per heavy atom. The molecule has 0 atom stereocenters. The summed E-state index contributed by atoms with van der Waals surface area (Å²) in [4.78, 5) is 1.74. The zero-order chi connectivity index (χ0) is 19.7. The smallest absolute Gasteiger partial charge is 0.120 e. The van der Waals surface area contributed by atoms with E-state index in [1.54, 1.807) is 12.0 Å². The Labute approximate surface area is 163 Å². The number of nitriles is 1. The molecular formula is C22H23F2N3O. The first-order valence-corrected chi connectivity index (χ1v) is 9.61. The van der Waals surface area contributed by atoms with Crippen molar-refractivity contribution in [3.8, 4) is 11.8 Å². The van der Waals surface area contributed by atoms with Gasteiger partial charge < -0.3 is 14.2 Å². The van der Waals surface area contributed by atoms with Crippen LogP contribution in [0.4, 0.5) is 8.78 Å². The second-order valence-electron chi connectivity index (χ2n) is 7.27. The van der Waals surface area contributed by atoms with Gasteiger partial charge in [0.05, 0.1) is 35.6 Å². The lowest BCUT2D eigenvalue weighted by atomic mass is 9.92. The molecule has 6 heteroatoms. The molecule has 0 spiro atoms. The summed E-state index contributed by atoms with van der Waals surface area (Å²) in [6.45, 7) is -1.13. The SMILES string of the molecule is COc1ccc2c(C#N)c(C3=CC=CCN3C(CF)CF)n(C3CCC3)c2c1. The van der Waals surface area contributed by atoms with Gasteiger partial charge in [-0.2, -0.15) is 5.26 Å². The Bertz CT molecular complexity index is 978. The van der Waals surface area contributed by atoms with Gasteiger partial charge in [-0.1, -0.05) is 12.2 Å². The monoisotopic (exact) mass is 383 g/mol. The first-order valence-electron chi connectivity index (χ1n) is 9.61. The lowest BCUT2D eigenvalue weighted by Crippen LogP contribution is -2.39. The van der Waals surface area contributed by atoms with Crippen molar-refractivity contribution < 1.29 is 13.5 Å². The highest BCUT2D eigenvalue weighted by Gasteiger charge is 2.32. The van der Waals surface area contributed by atoms with Gasteiger partial charge in [-0.25, -0.2) is 8.78 Å². The van der Waals surface area contributed by atoms with Gasteiger partial charge in [0.15, 0.2) is 0 Å². The van der Waals surface area contributed by atoms with Gasteiger partial charge in [0.2, 0.25) is 0 Å². The zero-order valence-electron chi connectivity index (χ0n) is 15.9. The van der Waals surface area contributed by atoms with E-state index in [2.05, 4.69) is 10.6 Å². The van der Waals surface area contributed by atoms with E-state index in [4.69, 9.17) is 4.74 Å². The van der Waals surface area contributed by atoms with Crippen LogP contribution >= 0.6 is 0 Å². The number of fused-ring (bicyclic) bond motifs is 1. The Kier molecular flexibility index (Phi) is 5.08. The third kappa shape index (κ3) is 2.86. The minimum absolute atomic E-state index is 0.273. The van der Waals surface area contributed by atoms with E-state index in [1.807, 2.05) is 36.4 Å². The Hall–Kier alpha value is -2.81. The van der Waals surface area contributed by atoms with Crippen LogP contribution in [0.25, 0.3) is 16.6 Å². The predicted octanol–water partition coefficient (Wildman–Crippen LogP) is 4.77. The fraction of sp³-hybridized carbons (Fsp3) is 0.409. The van der Waals surface area contributed by atoms with Crippen molar-refractivity contribution in [3.63, 3.8) is 0 Å². The summed E-state index contributed by atoms with van der Waals surface area (Å²) in [5, 5.41) is 10.8. The lowest BCUT2D eigenvalue weighted by molar-refractivity contribution is 0.210. The number of benzene rings is 1. The molecule has 4 rings (SSSR count). The minimum Gasteiger partial charge on any atom is -0.497 e. The predicted molar refractivity (Wildman–Crippen MR) is 106 cm³/mol. The Balaban J connectivity index is 1.98. The molecule has 1 aromatic carbocycles. The number of hydrogen-bond acceptors (Lipinski definition) is 3. The van der Waals surface area contributed by atoms with E-state index in [0.717, 1.165) is 41.6 Å². The van der Waals surface area contributed by atoms with Gasteiger partial charge in [0.1, 0.15) is 25.2 Å². The topological polar surface area (TPSA) is 41.2 Å². The van der Waals surface area contributed by atoms with Crippen LogP contribution in [0.15, 0.2) is 36.4 Å². The van der Waals surface area contributed by atoms with Crippen molar-refractivity contribution >= 4 is 16.6 Å². The fourth-order valence-electron chi connectivity index (χ4n) is 4.10. The summed E-state index contributed by atoms with van der Waals surface area (Å²) in [7, 11) is 1.62. The van der Waals surface area contributed by atoms with E-state index >= 15 is 0 Å². The average Bonchev–Trinajstić information content (AvgIpc) is 3.01. The summed E-state index contributed by atoms with van der Waals surface area (Å²) < 4.78 is 34.6. The number of alkyl halides is 2. The lowest BCUT2D eigenvalue weighted by Gasteiger charge is -2.36. The molecule has 28 heavy (non-hydrogen) atoms. The maximum Gasteiger partial charge on any atom is 0.120 e. The Morgan fingerprint density at radius 1 is 1.29 bits per heavy atom. The number of hydrogen-bond donors (Lipinski definition) is 0. The van der Waals surface area contributed by atoms with Gasteiger partial charge >= 0.3 is 0 Å². The van der Waals surface area contributed by atoms with Crippen LogP contribution in [-0.4, -0.2) is 42.5 Å². The molecule has 1 fully saturated rings. The molecule has 2 heterocycles. The van der Waals surface area contributed by atoms with Crippen molar-refractivity contribution in [1.29, 1.82) is 5.26 Å². The maximum absolute atomic E-state index is 13.5. The largest absolute Gasteiger partial charge is 0.497 e. The molecule has 1 aliphatic carbocycles. The maximum atomic E-state index is 13.5. The normalized spacial score (nSPS) is 17.0. The van der Waals surface area contributed by atoms with Crippen LogP contribution in [0.1, 0.15) is 36.6 Å².